The van der Waals surface area contributed by atoms with Gasteiger partial charge in [0.15, 0.2) is 5.96 Å². The van der Waals surface area contributed by atoms with Crippen LogP contribution in [0.5, 0.6) is 0 Å². The third kappa shape index (κ3) is 5.68. The fourth-order valence-corrected chi connectivity index (χ4v) is 2.56. The summed E-state index contributed by atoms with van der Waals surface area (Å²) in [6, 6.07) is 9.40. The molecule has 0 heterocycles. The predicted molar refractivity (Wildman–Crippen MR) is 94.3 cm³/mol. The van der Waals surface area contributed by atoms with E-state index in [1.54, 1.807) is 0 Å². The zero-order valence-corrected chi connectivity index (χ0v) is 14.2. The lowest BCUT2D eigenvalue weighted by Gasteiger charge is -2.20. The van der Waals surface area contributed by atoms with E-state index in [4.69, 9.17) is 0 Å². The number of benzene rings is 1. The number of rotatable bonds is 8. The fraction of sp³-hybridized carbons (Fsp3) is 0.611. The van der Waals surface area contributed by atoms with Crippen molar-refractivity contribution in [2.75, 3.05) is 26.2 Å². The molecular formula is C18H30N4. The molecule has 0 saturated heterocycles. The Morgan fingerprint density at radius 2 is 1.91 bits per heavy atom. The molecular weight excluding hydrogens is 272 g/mol. The second kappa shape index (κ2) is 8.79. The summed E-state index contributed by atoms with van der Waals surface area (Å²) in [5.74, 6) is 0.912. The minimum absolute atomic E-state index is 0.718. The van der Waals surface area contributed by atoms with Crippen LogP contribution in [0.3, 0.4) is 0 Å². The molecule has 22 heavy (non-hydrogen) atoms. The summed E-state index contributed by atoms with van der Waals surface area (Å²) in [5, 5.41) is 6.77. The maximum Gasteiger partial charge on any atom is 0.191 e. The van der Waals surface area contributed by atoms with E-state index < -0.39 is 0 Å². The summed E-state index contributed by atoms with van der Waals surface area (Å²) in [5.41, 5.74) is 2.54. The average Bonchev–Trinajstić information content (AvgIpc) is 3.35. The lowest BCUT2D eigenvalue weighted by molar-refractivity contribution is 0.282. The van der Waals surface area contributed by atoms with Crippen molar-refractivity contribution in [1.82, 2.24) is 15.5 Å². The molecule has 0 aliphatic heterocycles. The highest BCUT2D eigenvalue weighted by Crippen LogP contribution is 2.25. The molecule has 2 N–H and O–H groups in total. The number of hydrogen-bond donors (Lipinski definition) is 2. The Morgan fingerprint density at radius 3 is 2.50 bits per heavy atom. The quantitative estimate of drug-likeness (QED) is 0.572. The maximum atomic E-state index is 4.67. The standard InChI is InChI=1S/C18H30N4/c1-4-19-18(20-12-13-22(5-2)17-10-11-17)21-14-16-8-6-15(3)7-9-16/h6-9,17H,4-5,10-14H2,1-3H3,(H2,19,20,21). The first kappa shape index (κ1) is 16.8. The van der Waals surface area contributed by atoms with Crippen LogP contribution in [0.25, 0.3) is 0 Å². The van der Waals surface area contributed by atoms with E-state index in [-0.39, 0.29) is 0 Å². The van der Waals surface area contributed by atoms with Crippen molar-refractivity contribution in [1.29, 1.82) is 0 Å². The Kier molecular flexibility index (Phi) is 6.72. The summed E-state index contributed by atoms with van der Waals surface area (Å²) >= 11 is 0. The third-order valence-electron chi connectivity index (χ3n) is 4.05. The Hall–Kier alpha value is -1.55. The van der Waals surface area contributed by atoms with Crippen LogP contribution in [0, 0.1) is 6.92 Å². The molecule has 1 aromatic carbocycles. The highest BCUT2D eigenvalue weighted by atomic mass is 15.2. The van der Waals surface area contributed by atoms with Crippen LogP contribution in [-0.4, -0.2) is 43.1 Å². The number of hydrogen-bond acceptors (Lipinski definition) is 2. The molecule has 4 heteroatoms. The molecule has 122 valence electrons. The number of aryl methyl sites for hydroxylation is 1. The average molecular weight is 302 g/mol. The number of nitrogens with zero attached hydrogens (tertiary/aromatic N) is 2. The molecule has 1 saturated carbocycles. The molecule has 4 nitrogen and oxygen atoms in total. The van der Waals surface area contributed by atoms with Crippen LogP contribution in [-0.2, 0) is 6.54 Å². The second-order valence-corrected chi connectivity index (χ2v) is 5.97. The fourth-order valence-electron chi connectivity index (χ4n) is 2.56. The Bertz CT molecular complexity index is 462. The monoisotopic (exact) mass is 302 g/mol. The van der Waals surface area contributed by atoms with Crippen molar-refractivity contribution in [3.05, 3.63) is 35.4 Å². The van der Waals surface area contributed by atoms with E-state index >= 15 is 0 Å². The van der Waals surface area contributed by atoms with Gasteiger partial charge in [-0.1, -0.05) is 36.8 Å². The smallest absolute Gasteiger partial charge is 0.191 e. The molecule has 0 radical (unpaired) electrons. The molecule has 0 spiro atoms. The van der Waals surface area contributed by atoms with Crippen molar-refractivity contribution in [2.24, 2.45) is 4.99 Å². The minimum atomic E-state index is 0.718. The largest absolute Gasteiger partial charge is 0.357 e. The predicted octanol–water partition coefficient (Wildman–Crippen LogP) is 2.53. The molecule has 1 fully saturated rings. The number of nitrogens with one attached hydrogen (secondary N) is 2. The first-order valence-electron chi connectivity index (χ1n) is 8.54. The van der Waals surface area contributed by atoms with Gasteiger partial charge < -0.3 is 10.6 Å². The molecule has 0 unspecified atom stereocenters. The van der Waals surface area contributed by atoms with Gasteiger partial charge in [-0.05, 0) is 38.8 Å². The van der Waals surface area contributed by atoms with Gasteiger partial charge in [-0.15, -0.1) is 0 Å². The van der Waals surface area contributed by atoms with Gasteiger partial charge in [-0.25, -0.2) is 4.99 Å². The van der Waals surface area contributed by atoms with E-state index in [0.717, 1.165) is 44.7 Å². The van der Waals surface area contributed by atoms with Crippen molar-refractivity contribution in [2.45, 2.75) is 46.2 Å². The van der Waals surface area contributed by atoms with Crippen molar-refractivity contribution in [3.8, 4) is 0 Å². The Labute approximate surface area is 135 Å². The van der Waals surface area contributed by atoms with Gasteiger partial charge >= 0.3 is 0 Å². The number of aliphatic imine (C=N–C) groups is 1. The van der Waals surface area contributed by atoms with E-state index in [0.29, 0.717) is 0 Å². The molecule has 1 aliphatic rings. The van der Waals surface area contributed by atoms with Gasteiger partial charge in [0, 0.05) is 25.7 Å². The summed E-state index contributed by atoms with van der Waals surface area (Å²) < 4.78 is 0. The van der Waals surface area contributed by atoms with E-state index in [1.807, 2.05) is 0 Å². The van der Waals surface area contributed by atoms with Gasteiger partial charge in [0.2, 0.25) is 0 Å². The first-order chi connectivity index (χ1) is 10.7. The molecule has 2 rings (SSSR count). The van der Waals surface area contributed by atoms with Crippen LogP contribution in [0.1, 0.15) is 37.8 Å². The van der Waals surface area contributed by atoms with Gasteiger partial charge in [-0.3, -0.25) is 4.90 Å². The van der Waals surface area contributed by atoms with Crippen molar-refractivity contribution in [3.63, 3.8) is 0 Å². The van der Waals surface area contributed by atoms with Crippen LogP contribution in [0.15, 0.2) is 29.3 Å². The topological polar surface area (TPSA) is 39.7 Å². The number of guanidine groups is 1. The zero-order valence-electron chi connectivity index (χ0n) is 14.2. The lowest BCUT2D eigenvalue weighted by atomic mass is 10.1. The molecule has 1 aromatic rings. The highest BCUT2D eigenvalue weighted by molar-refractivity contribution is 5.79. The molecule has 1 aliphatic carbocycles. The molecule has 0 bridgehead atoms. The second-order valence-electron chi connectivity index (χ2n) is 5.97. The van der Waals surface area contributed by atoms with E-state index in [9.17, 15) is 0 Å². The van der Waals surface area contributed by atoms with Crippen LogP contribution >= 0.6 is 0 Å². The van der Waals surface area contributed by atoms with Gasteiger partial charge in [0.1, 0.15) is 0 Å². The summed E-state index contributed by atoms with van der Waals surface area (Å²) in [7, 11) is 0. The van der Waals surface area contributed by atoms with Crippen LogP contribution in [0.4, 0.5) is 0 Å². The highest BCUT2D eigenvalue weighted by Gasteiger charge is 2.27. The normalized spacial score (nSPS) is 15.2. The Balaban J connectivity index is 1.80. The van der Waals surface area contributed by atoms with Gasteiger partial charge in [0.05, 0.1) is 6.54 Å². The van der Waals surface area contributed by atoms with E-state index in [1.165, 1.54) is 24.0 Å². The summed E-state index contributed by atoms with van der Waals surface area (Å²) in [4.78, 5) is 7.22. The van der Waals surface area contributed by atoms with Crippen molar-refractivity contribution < 1.29 is 0 Å². The Morgan fingerprint density at radius 1 is 1.18 bits per heavy atom. The molecule has 0 amide bonds. The van der Waals surface area contributed by atoms with Gasteiger partial charge in [-0.2, -0.15) is 0 Å². The molecule has 0 atom stereocenters. The van der Waals surface area contributed by atoms with Crippen LogP contribution < -0.4 is 10.6 Å². The SMILES string of the molecule is CCNC(=NCc1ccc(C)cc1)NCCN(CC)C1CC1. The zero-order chi connectivity index (χ0) is 15.8. The van der Waals surface area contributed by atoms with Crippen molar-refractivity contribution >= 4 is 5.96 Å². The van der Waals surface area contributed by atoms with Crippen LogP contribution in [0.2, 0.25) is 0 Å². The third-order valence-corrected chi connectivity index (χ3v) is 4.05. The van der Waals surface area contributed by atoms with E-state index in [2.05, 4.69) is 65.6 Å². The lowest BCUT2D eigenvalue weighted by Crippen LogP contribution is -2.42. The first-order valence-corrected chi connectivity index (χ1v) is 8.54. The number of likely N-dealkylation sites (N-methyl/N-ethyl adjacent to an activating group) is 1. The summed E-state index contributed by atoms with van der Waals surface area (Å²) in [6.45, 7) is 11.2. The molecule has 0 aromatic heterocycles. The maximum absolute atomic E-state index is 4.67. The minimum Gasteiger partial charge on any atom is -0.357 e. The van der Waals surface area contributed by atoms with Gasteiger partial charge in [0.25, 0.3) is 0 Å². The summed E-state index contributed by atoms with van der Waals surface area (Å²) in [6.07, 6.45) is 2.74.